The van der Waals surface area contributed by atoms with Gasteiger partial charge in [-0.2, -0.15) is 0 Å². The van der Waals surface area contributed by atoms with Crippen molar-refractivity contribution in [3.05, 3.63) is 53.6 Å². The van der Waals surface area contributed by atoms with Crippen LogP contribution < -0.4 is 14.9 Å². The normalized spacial score (nSPS) is 19.2. The van der Waals surface area contributed by atoms with Gasteiger partial charge in [-0.15, -0.1) is 0 Å². The van der Waals surface area contributed by atoms with Crippen molar-refractivity contribution < 1.29 is 23.6 Å². The van der Waals surface area contributed by atoms with Gasteiger partial charge in [0.1, 0.15) is 11.5 Å². The van der Waals surface area contributed by atoms with Crippen molar-refractivity contribution >= 4 is 18.7 Å². The summed E-state index contributed by atoms with van der Waals surface area (Å²) in [7, 11) is 1.20. The van der Waals surface area contributed by atoms with E-state index in [1.54, 1.807) is 24.1 Å². The fourth-order valence-corrected chi connectivity index (χ4v) is 3.46. The first-order chi connectivity index (χ1) is 13.7. The summed E-state index contributed by atoms with van der Waals surface area (Å²) in [4.78, 5) is 14.2. The molecule has 0 aliphatic carbocycles. The van der Waals surface area contributed by atoms with E-state index in [-0.39, 0.29) is 6.09 Å². The molecule has 4 rings (SSSR count). The highest BCUT2D eigenvalue weighted by Gasteiger charge is 2.51. The van der Waals surface area contributed by atoms with Crippen LogP contribution in [-0.2, 0) is 22.4 Å². The zero-order chi connectivity index (χ0) is 20.8. The molecular formula is C22H26BNO5. The molecule has 0 spiro atoms. The number of hydrogen-bond acceptors (Lipinski definition) is 5. The van der Waals surface area contributed by atoms with E-state index in [9.17, 15) is 4.79 Å². The number of carbonyl (C=O) groups is 1. The van der Waals surface area contributed by atoms with Crippen molar-refractivity contribution in [2.75, 3.05) is 7.11 Å². The first-order valence-corrected chi connectivity index (χ1v) is 9.77. The maximum Gasteiger partial charge on any atom is 0.494 e. The molecule has 2 aromatic carbocycles. The molecule has 2 aliphatic heterocycles. The van der Waals surface area contributed by atoms with E-state index in [4.69, 9.17) is 18.8 Å². The molecule has 6 nitrogen and oxygen atoms in total. The Balaban J connectivity index is 1.39. The lowest BCUT2D eigenvalue weighted by molar-refractivity contribution is 0.00578. The van der Waals surface area contributed by atoms with Gasteiger partial charge in [0.05, 0.1) is 18.3 Å². The number of amides is 1. The number of carbonyl (C=O) groups excluding carboxylic acids is 1. The minimum Gasteiger partial charge on any atom is -0.497 e. The van der Waals surface area contributed by atoms with Crippen molar-refractivity contribution in [1.29, 1.82) is 0 Å². The number of ether oxygens (including phenoxy) is 2. The smallest absolute Gasteiger partial charge is 0.494 e. The number of fused-ring (bicyclic) bond motifs is 1. The summed E-state index contributed by atoms with van der Waals surface area (Å²) >= 11 is 0. The van der Waals surface area contributed by atoms with Crippen LogP contribution in [0.2, 0.25) is 0 Å². The molecular weight excluding hydrogens is 369 g/mol. The summed E-state index contributed by atoms with van der Waals surface area (Å²) in [6, 6.07) is 13.1. The standard InChI is InChI=1S/C22H26BNO5/c1-21(2)22(3,4)29-23(28-21)17-7-10-18(11-8-17)27-20(25)24-13-15-6-9-19(26-5)12-16(15)14-24/h6-12H,13-14H2,1-5H3. The highest BCUT2D eigenvalue weighted by Crippen LogP contribution is 2.36. The van der Waals surface area contributed by atoms with Gasteiger partial charge >= 0.3 is 13.2 Å². The van der Waals surface area contributed by atoms with Gasteiger partial charge in [0, 0.05) is 13.1 Å². The van der Waals surface area contributed by atoms with Gasteiger partial charge in [0.2, 0.25) is 0 Å². The van der Waals surface area contributed by atoms with Crippen molar-refractivity contribution in [2.24, 2.45) is 0 Å². The van der Waals surface area contributed by atoms with Gasteiger partial charge < -0.3 is 18.8 Å². The molecule has 0 radical (unpaired) electrons. The molecule has 0 N–H and O–H groups in total. The van der Waals surface area contributed by atoms with Crippen LogP contribution in [0.1, 0.15) is 38.8 Å². The van der Waals surface area contributed by atoms with Crippen molar-refractivity contribution in [3.63, 3.8) is 0 Å². The van der Waals surface area contributed by atoms with Crippen LogP contribution in [0.15, 0.2) is 42.5 Å². The minimum atomic E-state index is -0.437. The predicted octanol–water partition coefficient (Wildman–Crippen LogP) is 3.51. The van der Waals surface area contributed by atoms with Crippen LogP contribution in [0.25, 0.3) is 0 Å². The molecule has 2 aliphatic rings. The fourth-order valence-electron chi connectivity index (χ4n) is 3.46. The summed E-state index contributed by atoms with van der Waals surface area (Å²) < 4.78 is 22.9. The quantitative estimate of drug-likeness (QED) is 0.745. The Morgan fingerprint density at radius 2 is 1.52 bits per heavy atom. The van der Waals surface area contributed by atoms with E-state index in [0.29, 0.717) is 18.8 Å². The van der Waals surface area contributed by atoms with Gasteiger partial charge in [0.15, 0.2) is 0 Å². The lowest BCUT2D eigenvalue weighted by atomic mass is 9.79. The number of rotatable bonds is 3. The number of benzene rings is 2. The Kier molecular flexibility index (Phi) is 4.83. The average Bonchev–Trinajstić information content (AvgIpc) is 3.19. The van der Waals surface area contributed by atoms with E-state index in [2.05, 4.69) is 0 Å². The second-order valence-corrected chi connectivity index (χ2v) is 8.52. The summed E-state index contributed by atoms with van der Waals surface area (Å²) in [5.41, 5.74) is 2.30. The number of nitrogens with zero attached hydrogens (tertiary/aromatic N) is 1. The molecule has 1 saturated heterocycles. The highest BCUT2D eigenvalue weighted by molar-refractivity contribution is 6.62. The van der Waals surface area contributed by atoms with Crippen LogP contribution in [0.5, 0.6) is 11.5 Å². The van der Waals surface area contributed by atoms with E-state index < -0.39 is 18.3 Å². The second kappa shape index (κ2) is 7.08. The largest absolute Gasteiger partial charge is 0.497 e. The van der Waals surface area contributed by atoms with Gasteiger partial charge in [-0.3, -0.25) is 4.90 Å². The topological polar surface area (TPSA) is 57.2 Å². The summed E-state index contributed by atoms with van der Waals surface area (Å²) in [6.45, 7) is 9.13. The molecule has 7 heteroatoms. The third kappa shape index (κ3) is 3.72. The molecule has 0 atom stereocenters. The summed E-state index contributed by atoms with van der Waals surface area (Å²) in [5, 5.41) is 0. The molecule has 0 unspecified atom stereocenters. The third-order valence-electron chi connectivity index (χ3n) is 6.00. The SMILES string of the molecule is COc1ccc2c(c1)CN(C(=O)Oc1ccc(B3OC(C)(C)C(C)(C)O3)cc1)C2. The Morgan fingerprint density at radius 3 is 2.14 bits per heavy atom. The maximum absolute atomic E-state index is 12.6. The second-order valence-electron chi connectivity index (χ2n) is 8.52. The molecule has 2 aromatic rings. The van der Waals surface area contributed by atoms with Crippen molar-refractivity contribution in [2.45, 2.75) is 52.0 Å². The molecule has 29 heavy (non-hydrogen) atoms. The Hall–Kier alpha value is -2.51. The fraction of sp³-hybridized carbons (Fsp3) is 0.409. The van der Waals surface area contributed by atoms with E-state index in [1.165, 1.54) is 0 Å². The van der Waals surface area contributed by atoms with Crippen LogP contribution in [0.3, 0.4) is 0 Å². The Labute approximate surface area is 171 Å². The first-order valence-electron chi connectivity index (χ1n) is 9.77. The van der Waals surface area contributed by atoms with E-state index >= 15 is 0 Å². The van der Waals surface area contributed by atoms with Gasteiger partial charge in [-0.1, -0.05) is 18.2 Å². The van der Waals surface area contributed by atoms with E-state index in [1.807, 2.05) is 58.0 Å². The van der Waals surface area contributed by atoms with Gasteiger partial charge in [-0.05, 0) is 68.6 Å². The van der Waals surface area contributed by atoms with Gasteiger partial charge in [-0.25, -0.2) is 4.79 Å². The molecule has 0 bridgehead atoms. The maximum atomic E-state index is 12.6. The molecule has 2 heterocycles. The zero-order valence-corrected chi connectivity index (χ0v) is 17.5. The molecule has 1 fully saturated rings. The average molecular weight is 395 g/mol. The third-order valence-corrected chi connectivity index (χ3v) is 6.00. The molecule has 152 valence electrons. The zero-order valence-electron chi connectivity index (χ0n) is 17.5. The summed E-state index contributed by atoms with van der Waals surface area (Å²) in [5.74, 6) is 1.28. The summed E-state index contributed by atoms with van der Waals surface area (Å²) in [6.07, 6.45) is -0.372. The number of hydrogen-bond donors (Lipinski definition) is 0. The minimum absolute atomic E-state index is 0.372. The van der Waals surface area contributed by atoms with Crippen molar-refractivity contribution in [3.8, 4) is 11.5 Å². The lowest BCUT2D eigenvalue weighted by Crippen LogP contribution is -2.41. The predicted molar refractivity (Wildman–Crippen MR) is 110 cm³/mol. The highest BCUT2D eigenvalue weighted by atomic mass is 16.7. The Bertz CT molecular complexity index is 909. The monoisotopic (exact) mass is 395 g/mol. The van der Waals surface area contributed by atoms with Crippen LogP contribution in [-0.4, -0.2) is 36.4 Å². The van der Waals surface area contributed by atoms with Crippen molar-refractivity contribution in [1.82, 2.24) is 4.90 Å². The molecule has 0 saturated carbocycles. The van der Waals surface area contributed by atoms with Crippen LogP contribution >= 0.6 is 0 Å². The number of methoxy groups -OCH3 is 1. The molecule has 1 amide bonds. The van der Waals surface area contributed by atoms with E-state index in [0.717, 1.165) is 22.3 Å². The Morgan fingerprint density at radius 1 is 0.931 bits per heavy atom. The molecule has 0 aromatic heterocycles. The first kappa shape index (κ1) is 19.8. The van der Waals surface area contributed by atoms with Gasteiger partial charge in [0.25, 0.3) is 0 Å². The van der Waals surface area contributed by atoms with Crippen LogP contribution in [0, 0.1) is 0 Å². The van der Waals surface area contributed by atoms with Crippen LogP contribution in [0.4, 0.5) is 4.79 Å². The lowest BCUT2D eigenvalue weighted by Gasteiger charge is -2.32.